The summed E-state index contributed by atoms with van der Waals surface area (Å²) in [6.45, 7) is 0. The highest BCUT2D eigenvalue weighted by atomic mass is 35.5. The van der Waals surface area contributed by atoms with Gasteiger partial charge in [0.05, 0.1) is 5.02 Å². The molecule has 0 heterocycles. The van der Waals surface area contributed by atoms with Crippen LogP contribution < -0.4 is 0 Å². The van der Waals surface area contributed by atoms with Crippen molar-refractivity contribution in [1.82, 2.24) is 0 Å². The monoisotopic (exact) mass is 330 g/mol. The quantitative estimate of drug-likeness (QED) is 0.566. The standard InChI is InChI=1S/C10H10Cl3O4P/c1-15-18(14,16-2)17-10(6-11)8-5-7(12)3-4-9(8)13/h3-6H,1-2H3/b10-6+. The summed E-state index contributed by atoms with van der Waals surface area (Å²) < 4.78 is 26.2. The highest BCUT2D eigenvalue weighted by molar-refractivity contribution is 7.48. The Morgan fingerprint density at radius 3 is 2.39 bits per heavy atom. The maximum absolute atomic E-state index is 11.8. The summed E-state index contributed by atoms with van der Waals surface area (Å²) in [7, 11) is -1.33. The normalized spacial score (nSPS) is 12.6. The SMILES string of the molecule is COP(=O)(OC)O/C(=C/Cl)c1cc(Cl)ccc1Cl. The van der Waals surface area contributed by atoms with Crippen LogP contribution in [0.15, 0.2) is 23.7 Å². The Morgan fingerprint density at radius 2 is 1.89 bits per heavy atom. The smallest absolute Gasteiger partial charge is 0.402 e. The lowest BCUT2D eigenvalue weighted by molar-refractivity contribution is 0.201. The molecule has 0 aliphatic heterocycles. The molecule has 0 aromatic heterocycles. The third kappa shape index (κ3) is 3.89. The first-order chi connectivity index (χ1) is 8.45. The molecule has 100 valence electrons. The van der Waals surface area contributed by atoms with Crippen molar-refractivity contribution >= 4 is 48.4 Å². The zero-order valence-electron chi connectivity index (χ0n) is 9.52. The number of hydrogen-bond donors (Lipinski definition) is 0. The molecule has 1 rings (SSSR count). The Bertz CT molecular complexity index is 496. The van der Waals surface area contributed by atoms with Gasteiger partial charge in [-0.25, -0.2) is 4.57 Å². The minimum Gasteiger partial charge on any atom is -0.402 e. The van der Waals surface area contributed by atoms with E-state index < -0.39 is 7.82 Å². The molecule has 1 aromatic carbocycles. The number of hydrogen-bond acceptors (Lipinski definition) is 4. The molecule has 0 unspecified atom stereocenters. The Morgan fingerprint density at radius 1 is 1.28 bits per heavy atom. The Labute approximate surface area is 120 Å². The van der Waals surface area contributed by atoms with Gasteiger partial charge in [0.25, 0.3) is 0 Å². The lowest BCUT2D eigenvalue weighted by Gasteiger charge is -2.17. The van der Waals surface area contributed by atoms with Crippen LogP contribution in [0.3, 0.4) is 0 Å². The molecule has 0 radical (unpaired) electrons. The maximum Gasteiger partial charge on any atom is 0.529 e. The van der Waals surface area contributed by atoms with Crippen LogP contribution in [0.4, 0.5) is 0 Å². The van der Waals surface area contributed by atoms with Gasteiger partial charge >= 0.3 is 7.82 Å². The molecule has 0 amide bonds. The van der Waals surface area contributed by atoms with E-state index in [1.165, 1.54) is 20.3 Å². The summed E-state index contributed by atoms with van der Waals surface area (Å²) in [5.74, 6) is 0.0381. The van der Waals surface area contributed by atoms with E-state index in [0.717, 1.165) is 5.54 Å². The minimum atomic E-state index is -3.71. The van der Waals surface area contributed by atoms with Gasteiger partial charge < -0.3 is 4.52 Å². The molecular formula is C10H10Cl3O4P. The van der Waals surface area contributed by atoms with Crippen molar-refractivity contribution in [2.75, 3.05) is 14.2 Å². The van der Waals surface area contributed by atoms with Gasteiger partial charge in [0, 0.05) is 30.3 Å². The second-order valence-corrected chi connectivity index (χ2v) is 5.87. The Hall–Kier alpha value is -0.220. The second-order valence-electron chi connectivity index (χ2n) is 3.00. The van der Waals surface area contributed by atoms with E-state index in [2.05, 4.69) is 9.05 Å². The summed E-state index contributed by atoms with van der Waals surface area (Å²) in [5, 5.41) is 0.767. The van der Waals surface area contributed by atoms with Gasteiger partial charge in [-0.2, -0.15) is 0 Å². The van der Waals surface area contributed by atoms with Crippen LogP contribution in [-0.2, 0) is 18.1 Å². The van der Waals surface area contributed by atoms with Crippen molar-refractivity contribution in [3.8, 4) is 0 Å². The predicted molar refractivity (Wildman–Crippen MR) is 73.0 cm³/mol. The fourth-order valence-corrected chi connectivity index (χ4v) is 2.38. The molecule has 1 aromatic rings. The fourth-order valence-electron chi connectivity index (χ4n) is 1.08. The molecule has 0 aliphatic carbocycles. The Kier molecular flexibility index (Phi) is 5.99. The van der Waals surface area contributed by atoms with E-state index in [4.69, 9.17) is 39.3 Å². The van der Waals surface area contributed by atoms with Gasteiger partial charge in [0.2, 0.25) is 0 Å². The van der Waals surface area contributed by atoms with Gasteiger partial charge in [-0.05, 0) is 18.2 Å². The lowest BCUT2D eigenvalue weighted by atomic mass is 10.2. The second kappa shape index (κ2) is 6.80. The summed E-state index contributed by atoms with van der Waals surface area (Å²) in [6, 6.07) is 4.69. The minimum absolute atomic E-state index is 0.0381. The number of halogens is 3. The van der Waals surface area contributed by atoms with E-state index in [9.17, 15) is 4.57 Å². The van der Waals surface area contributed by atoms with Crippen molar-refractivity contribution in [3.05, 3.63) is 39.3 Å². The number of benzene rings is 1. The average molecular weight is 332 g/mol. The van der Waals surface area contributed by atoms with E-state index in [-0.39, 0.29) is 5.76 Å². The highest BCUT2D eigenvalue weighted by Crippen LogP contribution is 2.52. The van der Waals surface area contributed by atoms with E-state index in [0.29, 0.717) is 15.6 Å². The number of phosphoric ester groups is 1. The molecule has 0 spiro atoms. The van der Waals surface area contributed by atoms with E-state index >= 15 is 0 Å². The molecule has 18 heavy (non-hydrogen) atoms. The van der Waals surface area contributed by atoms with Gasteiger partial charge in [-0.1, -0.05) is 34.8 Å². The van der Waals surface area contributed by atoms with Crippen LogP contribution in [0.25, 0.3) is 5.76 Å². The summed E-state index contributed by atoms with van der Waals surface area (Å²) in [4.78, 5) is 0. The molecule has 0 saturated carbocycles. The molecule has 0 atom stereocenters. The van der Waals surface area contributed by atoms with Crippen molar-refractivity contribution in [1.29, 1.82) is 0 Å². The molecule has 0 saturated heterocycles. The maximum atomic E-state index is 11.8. The largest absolute Gasteiger partial charge is 0.529 e. The first kappa shape index (κ1) is 15.8. The molecule has 8 heteroatoms. The van der Waals surface area contributed by atoms with Crippen molar-refractivity contribution < 1.29 is 18.1 Å². The third-order valence-corrected chi connectivity index (χ3v) is 4.03. The molecule has 0 bridgehead atoms. The molecule has 0 N–H and O–H groups in total. The van der Waals surface area contributed by atoms with Gasteiger partial charge in [-0.15, -0.1) is 0 Å². The zero-order valence-corrected chi connectivity index (χ0v) is 12.7. The highest BCUT2D eigenvalue weighted by Gasteiger charge is 2.27. The average Bonchev–Trinajstić information content (AvgIpc) is 2.39. The van der Waals surface area contributed by atoms with Gasteiger partial charge in [-0.3, -0.25) is 9.05 Å². The molecule has 0 aliphatic rings. The van der Waals surface area contributed by atoms with Crippen molar-refractivity contribution in [2.45, 2.75) is 0 Å². The van der Waals surface area contributed by atoms with Gasteiger partial charge in [0.1, 0.15) is 0 Å². The first-order valence-electron chi connectivity index (χ1n) is 4.62. The predicted octanol–water partition coefficient (Wildman–Crippen LogP) is 4.95. The Balaban J connectivity index is 3.12. The fraction of sp³-hybridized carbons (Fsp3) is 0.200. The number of rotatable bonds is 5. The van der Waals surface area contributed by atoms with Gasteiger partial charge in [0.15, 0.2) is 5.76 Å². The zero-order chi connectivity index (χ0) is 13.8. The van der Waals surface area contributed by atoms with Crippen LogP contribution in [0.1, 0.15) is 5.56 Å². The van der Waals surface area contributed by atoms with Crippen molar-refractivity contribution in [2.24, 2.45) is 0 Å². The molecular weight excluding hydrogens is 321 g/mol. The molecule has 0 fully saturated rings. The van der Waals surface area contributed by atoms with Crippen LogP contribution in [-0.4, -0.2) is 14.2 Å². The first-order valence-corrected chi connectivity index (χ1v) is 7.28. The van der Waals surface area contributed by atoms with Crippen LogP contribution in [0.2, 0.25) is 10.0 Å². The number of phosphoric acid groups is 1. The van der Waals surface area contributed by atoms with E-state index in [1.807, 2.05) is 0 Å². The van der Waals surface area contributed by atoms with Crippen LogP contribution >= 0.6 is 42.6 Å². The lowest BCUT2D eigenvalue weighted by Crippen LogP contribution is -1.96. The topological polar surface area (TPSA) is 44.8 Å². The third-order valence-electron chi connectivity index (χ3n) is 1.95. The van der Waals surface area contributed by atoms with Crippen LogP contribution in [0, 0.1) is 0 Å². The van der Waals surface area contributed by atoms with Crippen LogP contribution in [0.5, 0.6) is 0 Å². The van der Waals surface area contributed by atoms with Crippen molar-refractivity contribution in [3.63, 3.8) is 0 Å². The summed E-state index contributed by atoms with van der Waals surface area (Å²) in [5.41, 5.74) is 1.45. The van der Waals surface area contributed by atoms with E-state index in [1.54, 1.807) is 12.1 Å². The summed E-state index contributed by atoms with van der Waals surface area (Å²) in [6.07, 6.45) is 0. The summed E-state index contributed by atoms with van der Waals surface area (Å²) >= 11 is 17.4. The molecule has 4 nitrogen and oxygen atoms in total.